The van der Waals surface area contributed by atoms with Crippen molar-refractivity contribution in [3.8, 4) is 0 Å². The van der Waals surface area contributed by atoms with Crippen molar-refractivity contribution in [2.75, 3.05) is 13.7 Å². The van der Waals surface area contributed by atoms with E-state index < -0.39 is 0 Å². The smallest absolute Gasteiger partial charge is 0.162 e. The first-order valence-electron chi connectivity index (χ1n) is 9.98. The molecule has 2 heteroatoms. The van der Waals surface area contributed by atoms with Crippen LogP contribution in [0.15, 0.2) is 17.4 Å². The minimum atomic E-state index is 0.178. The minimum absolute atomic E-state index is 0.178. The Balaban J connectivity index is 1.66. The van der Waals surface area contributed by atoms with Crippen molar-refractivity contribution in [1.82, 2.24) is 0 Å². The minimum Gasteiger partial charge on any atom is -0.377 e. The van der Waals surface area contributed by atoms with Crippen molar-refractivity contribution >= 4 is 5.78 Å². The number of fused-ring (bicyclic) bond motifs is 5. The molecular weight excluding hydrogens is 296 g/mol. The summed E-state index contributed by atoms with van der Waals surface area (Å²) < 4.78 is 5.16. The molecule has 0 aromatic carbocycles. The van der Waals surface area contributed by atoms with Crippen LogP contribution in [-0.2, 0) is 9.53 Å². The highest BCUT2D eigenvalue weighted by atomic mass is 16.5. The van der Waals surface area contributed by atoms with Gasteiger partial charge in [-0.2, -0.15) is 0 Å². The number of carbonyl (C=O) groups excluding carboxylic acids is 1. The molecule has 0 aromatic heterocycles. The van der Waals surface area contributed by atoms with Crippen molar-refractivity contribution in [2.24, 2.45) is 34.5 Å². The zero-order chi connectivity index (χ0) is 16.9. The number of hydrogen-bond donors (Lipinski definition) is 0. The molecule has 6 atom stereocenters. The molecule has 0 amide bonds. The summed E-state index contributed by atoms with van der Waals surface area (Å²) in [5.41, 5.74) is 5.90. The van der Waals surface area contributed by atoms with Crippen LogP contribution in [0.5, 0.6) is 0 Å². The highest BCUT2D eigenvalue weighted by Gasteiger charge is 2.58. The van der Waals surface area contributed by atoms with Gasteiger partial charge in [0.25, 0.3) is 0 Å². The molecule has 4 aliphatic rings. The van der Waals surface area contributed by atoms with E-state index >= 15 is 0 Å². The van der Waals surface area contributed by atoms with Crippen LogP contribution < -0.4 is 0 Å². The molecule has 0 heterocycles. The van der Waals surface area contributed by atoms with Gasteiger partial charge in [-0.05, 0) is 85.2 Å². The van der Waals surface area contributed by atoms with E-state index in [1.807, 2.05) is 0 Å². The molecule has 24 heavy (non-hydrogen) atoms. The Bertz CT molecular complexity index is 599. The Morgan fingerprint density at radius 1 is 1.21 bits per heavy atom. The lowest BCUT2D eigenvalue weighted by Gasteiger charge is -2.55. The van der Waals surface area contributed by atoms with Gasteiger partial charge in [0.05, 0.1) is 0 Å². The van der Waals surface area contributed by atoms with Gasteiger partial charge in [0, 0.05) is 13.0 Å². The van der Waals surface area contributed by atoms with Crippen LogP contribution in [-0.4, -0.2) is 19.5 Å². The lowest BCUT2D eigenvalue weighted by Crippen LogP contribution is -2.49. The fourth-order valence-corrected chi connectivity index (χ4v) is 7.02. The monoisotopic (exact) mass is 328 g/mol. The fraction of sp³-hybridized carbons (Fsp3) is 0.818. The number of allylic oxidation sites excluding steroid dienone is 1. The zero-order valence-electron chi connectivity index (χ0n) is 15.6. The van der Waals surface area contributed by atoms with Crippen LogP contribution in [0, 0.1) is 34.5 Å². The van der Waals surface area contributed by atoms with Gasteiger partial charge < -0.3 is 4.74 Å². The molecular formula is C22H32O2. The standard InChI is InChI=1S/C22H32O2/c1-21-12-5-4-6-15(21)7-8-16-17-9-10-19(20(23)14-24-3)22(17,2)13-11-18(16)21/h8,16-19H,4-6,9-14H2,1-3H3/t16-,17-,18-,19+,21-,22-/m0/s1. The van der Waals surface area contributed by atoms with Crippen molar-refractivity contribution in [3.05, 3.63) is 17.4 Å². The molecule has 0 saturated heterocycles. The Morgan fingerprint density at radius 2 is 2.04 bits per heavy atom. The van der Waals surface area contributed by atoms with E-state index in [-0.39, 0.29) is 11.3 Å². The lowest BCUT2D eigenvalue weighted by molar-refractivity contribution is -0.132. The van der Waals surface area contributed by atoms with Crippen LogP contribution >= 0.6 is 0 Å². The summed E-state index contributed by atoms with van der Waals surface area (Å²) in [5.74, 6) is 2.62. The molecule has 0 N–H and O–H groups in total. The maximum absolute atomic E-state index is 12.6. The van der Waals surface area contributed by atoms with E-state index in [4.69, 9.17) is 4.74 Å². The summed E-state index contributed by atoms with van der Waals surface area (Å²) in [6, 6.07) is 0. The van der Waals surface area contributed by atoms with Gasteiger partial charge in [-0.25, -0.2) is 0 Å². The topological polar surface area (TPSA) is 26.3 Å². The van der Waals surface area contributed by atoms with Crippen molar-refractivity contribution in [3.63, 3.8) is 0 Å². The third-order valence-electron chi connectivity index (χ3n) is 8.34. The summed E-state index contributed by atoms with van der Waals surface area (Å²) in [6.45, 7) is 5.21. The molecule has 4 aliphatic carbocycles. The number of rotatable bonds is 3. The van der Waals surface area contributed by atoms with E-state index in [1.165, 1.54) is 44.9 Å². The van der Waals surface area contributed by atoms with Gasteiger partial charge in [-0.15, -0.1) is 5.73 Å². The van der Waals surface area contributed by atoms with Crippen molar-refractivity contribution < 1.29 is 9.53 Å². The molecule has 0 radical (unpaired) electrons. The van der Waals surface area contributed by atoms with Crippen molar-refractivity contribution in [1.29, 1.82) is 0 Å². The number of methoxy groups -OCH3 is 1. The summed E-state index contributed by atoms with van der Waals surface area (Å²) in [6.07, 6.45) is 12.5. The molecule has 132 valence electrons. The second-order valence-corrected chi connectivity index (χ2v) is 9.28. The number of carbonyl (C=O) groups is 1. The Morgan fingerprint density at radius 3 is 2.83 bits per heavy atom. The number of ketones is 1. The Labute approximate surface area is 146 Å². The average Bonchev–Trinajstić information content (AvgIpc) is 2.92. The predicted molar refractivity (Wildman–Crippen MR) is 95.6 cm³/mol. The summed E-state index contributed by atoms with van der Waals surface area (Å²) in [4.78, 5) is 12.6. The second-order valence-electron chi connectivity index (χ2n) is 9.28. The van der Waals surface area contributed by atoms with Gasteiger partial charge in [-0.3, -0.25) is 4.79 Å². The number of hydrogen-bond acceptors (Lipinski definition) is 2. The second kappa shape index (κ2) is 5.85. The molecule has 2 nitrogen and oxygen atoms in total. The normalized spacial score (nSPS) is 46.7. The van der Waals surface area contributed by atoms with Gasteiger partial charge >= 0.3 is 0 Å². The fourth-order valence-electron chi connectivity index (χ4n) is 7.02. The largest absolute Gasteiger partial charge is 0.377 e. The zero-order valence-corrected chi connectivity index (χ0v) is 15.6. The predicted octanol–water partition coefficient (Wildman–Crippen LogP) is 4.94. The number of Topliss-reactive ketones (excluding diaryl/α,β-unsaturated/α-hetero) is 1. The molecule has 0 aromatic rings. The van der Waals surface area contributed by atoms with E-state index in [9.17, 15) is 4.79 Å². The average molecular weight is 328 g/mol. The molecule has 0 bridgehead atoms. The molecule has 3 fully saturated rings. The Kier molecular flexibility index (Phi) is 4.05. The first-order valence-corrected chi connectivity index (χ1v) is 9.98. The Hall–Kier alpha value is -0.850. The third kappa shape index (κ3) is 2.22. The summed E-state index contributed by atoms with van der Waals surface area (Å²) in [7, 11) is 1.64. The molecule has 0 spiro atoms. The van der Waals surface area contributed by atoms with E-state index in [0.29, 0.717) is 29.6 Å². The quantitative estimate of drug-likeness (QED) is 0.686. The van der Waals surface area contributed by atoms with Crippen LogP contribution in [0.4, 0.5) is 0 Å². The molecule has 0 aliphatic heterocycles. The highest BCUT2D eigenvalue weighted by Crippen LogP contribution is 2.65. The van der Waals surface area contributed by atoms with Crippen molar-refractivity contribution in [2.45, 2.75) is 65.2 Å². The maximum Gasteiger partial charge on any atom is 0.162 e. The van der Waals surface area contributed by atoms with Crippen LogP contribution in [0.2, 0.25) is 0 Å². The SMILES string of the molecule is COCC(=O)[C@H]1CC[C@H]2[C@@H]3C=C=C4CCCC[C@]4(C)[C@H]3CC[C@]12C. The molecule has 4 rings (SSSR count). The number of ether oxygens (including phenoxy) is 1. The van der Waals surface area contributed by atoms with Gasteiger partial charge in [-0.1, -0.05) is 20.3 Å². The van der Waals surface area contributed by atoms with E-state index in [1.54, 1.807) is 12.7 Å². The summed E-state index contributed by atoms with van der Waals surface area (Å²) in [5, 5.41) is 0. The lowest BCUT2D eigenvalue weighted by atomic mass is 9.48. The highest BCUT2D eigenvalue weighted by molar-refractivity contribution is 5.83. The van der Waals surface area contributed by atoms with Gasteiger partial charge in [0.15, 0.2) is 5.78 Å². The van der Waals surface area contributed by atoms with Crippen LogP contribution in [0.3, 0.4) is 0 Å². The first-order chi connectivity index (χ1) is 11.5. The third-order valence-corrected chi connectivity index (χ3v) is 8.34. The summed E-state index contributed by atoms with van der Waals surface area (Å²) >= 11 is 0. The molecule has 0 unspecified atom stereocenters. The molecule has 3 saturated carbocycles. The van der Waals surface area contributed by atoms with Crippen LogP contribution in [0.25, 0.3) is 0 Å². The van der Waals surface area contributed by atoms with Gasteiger partial charge in [0.2, 0.25) is 0 Å². The van der Waals surface area contributed by atoms with E-state index in [0.717, 1.165) is 12.3 Å². The maximum atomic E-state index is 12.6. The first kappa shape index (κ1) is 16.6. The van der Waals surface area contributed by atoms with Gasteiger partial charge in [0.1, 0.15) is 6.61 Å². The van der Waals surface area contributed by atoms with E-state index in [2.05, 4.69) is 25.7 Å². The van der Waals surface area contributed by atoms with Crippen LogP contribution in [0.1, 0.15) is 65.2 Å².